The molecule has 1 heterocycles. The lowest BCUT2D eigenvalue weighted by Gasteiger charge is -2.26. The van der Waals surface area contributed by atoms with Crippen molar-refractivity contribution < 1.29 is 4.79 Å². The minimum atomic E-state index is -0.00983. The molecule has 2 rings (SSSR count). The molecule has 1 aromatic carbocycles. The molecule has 0 bridgehead atoms. The number of hydrogen-bond donors (Lipinski definition) is 2. The third kappa shape index (κ3) is 3.47. The van der Waals surface area contributed by atoms with Gasteiger partial charge in [-0.2, -0.15) is 0 Å². The number of fused-ring (bicyclic) bond motifs is 1. The van der Waals surface area contributed by atoms with Gasteiger partial charge in [-0.25, -0.2) is 0 Å². The minimum Gasteiger partial charge on any atom is -0.385 e. The molecule has 0 radical (unpaired) electrons. The summed E-state index contributed by atoms with van der Waals surface area (Å²) in [6, 6.07) is 8.09. The van der Waals surface area contributed by atoms with Crippen LogP contribution >= 0.6 is 0 Å². The highest BCUT2D eigenvalue weighted by molar-refractivity contribution is 5.86. The summed E-state index contributed by atoms with van der Waals surface area (Å²) >= 11 is 0. The van der Waals surface area contributed by atoms with Crippen LogP contribution in [0.2, 0.25) is 0 Å². The fourth-order valence-corrected chi connectivity index (χ4v) is 2.39. The Labute approximate surface area is 115 Å². The first kappa shape index (κ1) is 13.9. The number of hydrogen-bond acceptors (Lipinski definition) is 3. The normalized spacial score (nSPS) is 17.7. The zero-order valence-electron chi connectivity index (χ0n) is 11.8. The third-order valence-corrected chi connectivity index (χ3v) is 3.73. The molecule has 1 aliphatic heterocycles. The quantitative estimate of drug-likeness (QED) is 0.847. The highest BCUT2D eigenvalue weighted by Crippen LogP contribution is 2.31. The molecular formula is C15H23N3O. The largest absolute Gasteiger partial charge is 0.385 e. The van der Waals surface area contributed by atoms with E-state index in [1.54, 1.807) is 0 Å². The number of carbonyl (C=O) groups excluding carboxylic acids is 1. The Balaban J connectivity index is 1.93. The van der Waals surface area contributed by atoms with E-state index < -0.39 is 0 Å². The van der Waals surface area contributed by atoms with Gasteiger partial charge in [-0.1, -0.05) is 25.1 Å². The first-order valence-corrected chi connectivity index (χ1v) is 7.01. The minimum absolute atomic E-state index is 0.00983. The molecule has 1 aliphatic rings. The van der Waals surface area contributed by atoms with Crippen molar-refractivity contribution in [3.8, 4) is 0 Å². The lowest BCUT2D eigenvalue weighted by atomic mass is 9.90. The Kier molecular flexibility index (Phi) is 4.80. The molecule has 1 atom stereocenters. The molecule has 0 fully saturated rings. The van der Waals surface area contributed by atoms with Gasteiger partial charge in [-0.15, -0.1) is 0 Å². The molecule has 1 aromatic rings. The van der Waals surface area contributed by atoms with Crippen LogP contribution in [0.4, 0.5) is 5.69 Å². The maximum atomic E-state index is 12.3. The standard InChI is InChI=1S/C15H23N3O/c1-3-18(2)11-10-17-15(19)13-8-9-16-14-7-5-4-6-12(13)14/h4-7,13,16H,3,8-11H2,1-2H3,(H,17,19). The van der Waals surface area contributed by atoms with Crippen LogP contribution in [-0.2, 0) is 4.79 Å². The van der Waals surface area contributed by atoms with Crippen LogP contribution < -0.4 is 10.6 Å². The number of likely N-dealkylation sites (N-methyl/N-ethyl adjacent to an activating group) is 1. The highest BCUT2D eigenvalue weighted by Gasteiger charge is 2.25. The molecule has 1 amide bonds. The lowest BCUT2D eigenvalue weighted by Crippen LogP contribution is -2.37. The lowest BCUT2D eigenvalue weighted by molar-refractivity contribution is -0.122. The second-order valence-corrected chi connectivity index (χ2v) is 5.04. The predicted octanol–water partition coefficient (Wildman–Crippen LogP) is 1.65. The first-order valence-electron chi connectivity index (χ1n) is 7.01. The molecule has 104 valence electrons. The summed E-state index contributed by atoms with van der Waals surface area (Å²) in [5, 5.41) is 6.39. The monoisotopic (exact) mass is 261 g/mol. The van der Waals surface area contributed by atoms with Crippen LogP contribution in [0.5, 0.6) is 0 Å². The number of amides is 1. The summed E-state index contributed by atoms with van der Waals surface area (Å²) < 4.78 is 0. The molecule has 0 saturated heterocycles. The molecule has 0 spiro atoms. The molecule has 2 N–H and O–H groups in total. The number of nitrogens with zero attached hydrogens (tertiary/aromatic N) is 1. The Morgan fingerprint density at radius 3 is 3.05 bits per heavy atom. The fraction of sp³-hybridized carbons (Fsp3) is 0.533. The SMILES string of the molecule is CCN(C)CCNC(=O)C1CCNc2ccccc21. The Hall–Kier alpha value is -1.55. The Morgan fingerprint density at radius 2 is 2.26 bits per heavy atom. The number of rotatable bonds is 5. The number of anilines is 1. The van der Waals surface area contributed by atoms with Gasteiger partial charge in [0.1, 0.15) is 0 Å². The van der Waals surface area contributed by atoms with Crippen molar-refractivity contribution in [1.29, 1.82) is 0 Å². The second kappa shape index (κ2) is 6.57. The van der Waals surface area contributed by atoms with E-state index in [2.05, 4.69) is 29.5 Å². The van der Waals surface area contributed by atoms with Crippen molar-refractivity contribution in [3.05, 3.63) is 29.8 Å². The molecule has 1 unspecified atom stereocenters. The average Bonchev–Trinajstić information content (AvgIpc) is 2.46. The Bertz CT molecular complexity index is 433. The van der Waals surface area contributed by atoms with E-state index in [1.807, 2.05) is 24.3 Å². The maximum absolute atomic E-state index is 12.3. The number of nitrogens with one attached hydrogen (secondary N) is 2. The summed E-state index contributed by atoms with van der Waals surface area (Å²) in [7, 11) is 2.06. The van der Waals surface area contributed by atoms with E-state index >= 15 is 0 Å². The molecule has 19 heavy (non-hydrogen) atoms. The summed E-state index contributed by atoms with van der Waals surface area (Å²) in [6.07, 6.45) is 0.868. The van der Waals surface area contributed by atoms with Gasteiger partial charge >= 0.3 is 0 Å². The van der Waals surface area contributed by atoms with E-state index in [0.29, 0.717) is 0 Å². The van der Waals surface area contributed by atoms with Crippen LogP contribution in [0.1, 0.15) is 24.8 Å². The van der Waals surface area contributed by atoms with E-state index in [1.165, 1.54) is 0 Å². The van der Waals surface area contributed by atoms with Crippen LogP contribution in [0.25, 0.3) is 0 Å². The summed E-state index contributed by atoms with van der Waals surface area (Å²) in [6.45, 7) is 5.60. The molecule has 0 aliphatic carbocycles. The van der Waals surface area contributed by atoms with Gasteiger partial charge in [-0.05, 0) is 31.6 Å². The van der Waals surface area contributed by atoms with Gasteiger partial charge < -0.3 is 15.5 Å². The highest BCUT2D eigenvalue weighted by atomic mass is 16.1. The molecule has 4 nitrogen and oxygen atoms in total. The van der Waals surface area contributed by atoms with Crippen molar-refractivity contribution in [2.75, 3.05) is 38.5 Å². The van der Waals surface area contributed by atoms with Gasteiger partial charge in [0.25, 0.3) is 0 Å². The van der Waals surface area contributed by atoms with Crippen molar-refractivity contribution in [2.45, 2.75) is 19.3 Å². The van der Waals surface area contributed by atoms with Gasteiger partial charge in [0.15, 0.2) is 0 Å². The van der Waals surface area contributed by atoms with Crippen molar-refractivity contribution in [3.63, 3.8) is 0 Å². The van der Waals surface area contributed by atoms with Gasteiger partial charge in [-0.3, -0.25) is 4.79 Å². The zero-order chi connectivity index (χ0) is 13.7. The third-order valence-electron chi connectivity index (χ3n) is 3.73. The molecular weight excluding hydrogens is 238 g/mol. The summed E-state index contributed by atoms with van der Waals surface area (Å²) in [4.78, 5) is 14.5. The van der Waals surface area contributed by atoms with Crippen LogP contribution in [0.3, 0.4) is 0 Å². The van der Waals surface area contributed by atoms with Gasteiger partial charge in [0.2, 0.25) is 5.91 Å². The van der Waals surface area contributed by atoms with E-state index in [4.69, 9.17) is 0 Å². The van der Waals surface area contributed by atoms with Crippen LogP contribution in [0.15, 0.2) is 24.3 Å². The van der Waals surface area contributed by atoms with E-state index in [-0.39, 0.29) is 11.8 Å². The van der Waals surface area contributed by atoms with Gasteiger partial charge in [0, 0.05) is 25.3 Å². The van der Waals surface area contributed by atoms with Crippen LogP contribution in [0, 0.1) is 0 Å². The molecule has 0 aromatic heterocycles. The van der Waals surface area contributed by atoms with Gasteiger partial charge in [0.05, 0.1) is 5.92 Å². The van der Waals surface area contributed by atoms with Crippen molar-refractivity contribution in [1.82, 2.24) is 10.2 Å². The second-order valence-electron chi connectivity index (χ2n) is 5.04. The average molecular weight is 261 g/mol. The number of benzene rings is 1. The molecule has 4 heteroatoms. The van der Waals surface area contributed by atoms with E-state index in [0.717, 1.165) is 43.9 Å². The number of carbonyl (C=O) groups is 1. The van der Waals surface area contributed by atoms with E-state index in [9.17, 15) is 4.79 Å². The predicted molar refractivity (Wildman–Crippen MR) is 78.5 cm³/mol. The summed E-state index contributed by atoms with van der Waals surface area (Å²) in [5.41, 5.74) is 2.22. The summed E-state index contributed by atoms with van der Waals surface area (Å²) in [5.74, 6) is 0.142. The topological polar surface area (TPSA) is 44.4 Å². The maximum Gasteiger partial charge on any atom is 0.227 e. The first-order chi connectivity index (χ1) is 9.22. The number of para-hydroxylation sites is 1. The molecule has 0 saturated carbocycles. The Morgan fingerprint density at radius 1 is 1.47 bits per heavy atom. The zero-order valence-corrected chi connectivity index (χ0v) is 11.8. The van der Waals surface area contributed by atoms with Crippen LogP contribution in [-0.4, -0.2) is 44.0 Å². The fourth-order valence-electron chi connectivity index (χ4n) is 2.39. The smallest absolute Gasteiger partial charge is 0.227 e. The van der Waals surface area contributed by atoms with Crippen molar-refractivity contribution >= 4 is 11.6 Å². The van der Waals surface area contributed by atoms with Crippen molar-refractivity contribution in [2.24, 2.45) is 0 Å².